The molecule has 1 unspecified atom stereocenters. The Morgan fingerprint density at radius 1 is 1.71 bits per heavy atom. The Balaban J connectivity index is 2.08. The van der Waals surface area contributed by atoms with Crippen LogP contribution in [0.4, 0.5) is 0 Å². The number of hydrogen-bond acceptors (Lipinski definition) is 3. The van der Waals surface area contributed by atoms with E-state index in [9.17, 15) is 0 Å². The highest BCUT2D eigenvalue weighted by Gasteiger charge is 2.18. The molecule has 76 valence electrons. The predicted octanol–water partition coefficient (Wildman–Crippen LogP) is 1.72. The summed E-state index contributed by atoms with van der Waals surface area (Å²) in [4.78, 5) is 0. The lowest BCUT2D eigenvalue weighted by Gasteiger charge is -2.07. The number of aromatic nitrogens is 3. The first kappa shape index (κ1) is 9.86. The Bertz CT molecular complexity index is 331. The lowest BCUT2D eigenvalue weighted by molar-refractivity contribution is 0.181. The van der Waals surface area contributed by atoms with Gasteiger partial charge in [-0.15, -0.1) is 5.10 Å². The van der Waals surface area contributed by atoms with E-state index in [0.29, 0.717) is 5.92 Å². The smallest absolute Gasteiger partial charge is 0.131 e. The van der Waals surface area contributed by atoms with Gasteiger partial charge < -0.3 is 4.74 Å². The summed E-state index contributed by atoms with van der Waals surface area (Å²) in [6, 6.07) is 0. The lowest BCUT2D eigenvalue weighted by Crippen LogP contribution is -2.12. The number of hydrogen-bond donors (Lipinski definition) is 0. The first-order valence-corrected chi connectivity index (χ1v) is 5.39. The maximum atomic E-state index is 5.31. The highest BCUT2D eigenvalue weighted by atomic mass is 79.9. The molecule has 2 rings (SSSR count). The van der Waals surface area contributed by atoms with Crippen LogP contribution in [0.15, 0.2) is 11.2 Å². The first-order chi connectivity index (χ1) is 6.81. The molecular weight excluding hydrogens is 246 g/mol. The molecule has 0 aromatic carbocycles. The van der Waals surface area contributed by atoms with Crippen molar-refractivity contribution in [2.24, 2.45) is 5.92 Å². The van der Waals surface area contributed by atoms with E-state index in [-0.39, 0.29) is 0 Å². The van der Waals surface area contributed by atoms with Crippen molar-refractivity contribution in [1.82, 2.24) is 15.0 Å². The van der Waals surface area contributed by atoms with Crippen molar-refractivity contribution in [2.75, 3.05) is 13.2 Å². The minimum absolute atomic E-state index is 0.561. The Hall–Kier alpha value is -0.680. The molecule has 1 fully saturated rings. The van der Waals surface area contributed by atoms with Crippen molar-refractivity contribution in [3.05, 3.63) is 16.9 Å². The van der Waals surface area contributed by atoms with Crippen LogP contribution in [0, 0.1) is 5.92 Å². The minimum atomic E-state index is 0.561. The van der Waals surface area contributed by atoms with Gasteiger partial charge in [0.15, 0.2) is 0 Å². The van der Waals surface area contributed by atoms with Gasteiger partial charge in [0, 0.05) is 19.1 Å². The summed E-state index contributed by atoms with van der Waals surface area (Å²) < 4.78 is 8.07. The molecule has 1 atom stereocenters. The summed E-state index contributed by atoms with van der Waals surface area (Å²) in [7, 11) is 0. The van der Waals surface area contributed by atoms with Crippen molar-refractivity contribution in [1.29, 1.82) is 0 Å². The van der Waals surface area contributed by atoms with Crippen LogP contribution in [0.25, 0.3) is 6.08 Å². The molecule has 2 heterocycles. The standard InChI is InChI=1S/C9H12BrN3O/c1-2-8-9(10)13(12-11-8)5-7-3-4-14-6-7/h2,7H,1,3-6H2. The van der Waals surface area contributed by atoms with Gasteiger partial charge in [0.25, 0.3) is 0 Å². The Labute approximate surface area is 91.1 Å². The van der Waals surface area contributed by atoms with Crippen LogP contribution in [0.5, 0.6) is 0 Å². The van der Waals surface area contributed by atoms with Gasteiger partial charge in [0.05, 0.1) is 6.61 Å². The van der Waals surface area contributed by atoms with Crippen LogP contribution in [0.3, 0.4) is 0 Å². The maximum absolute atomic E-state index is 5.31. The second-order valence-electron chi connectivity index (χ2n) is 3.38. The third-order valence-corrected chi connectivity index (χ3v) is 3.16. The van der Waals surface area contributed by atoms with Gasteiger partial charge in [-0.3, -0.25) is 0 Å². The molecule has 1 saturated heterocycles. The third kappa shape index (κ3) is 1.88. The summed E-state index contributed by atoms with van der Waals surface area (Å²) in [6.07, 6.45) is 2.80. The molecule has 1 aromatic rings. The Morgan fingerprint density at radius 2 is 2.57 bits per heavy atom. The van der Waals surface area contributed by atoms with E-state index in [2.05, 4.69) is 32.8 Å². The van der Waals surface area contributed by atoms with E-state index < -0.39 is 0 Å². The molecule has 0 N–H and O–H groups in total. The van der Waals surface area contributed by atoms with E-state index >= 15 is 0 Å². The van der Waals surface area contributed by atoms with Crippen LogP contribution in [0.1, 0.15) is 12.1 Å². The Kier molecular flexibility index (Phi) is 2.98. The average molecular weight is 258 g/mol. The van der Waals surface area contributed by atoms with Gasteiger partial charge >= 0.3 is 0 Å². The fourth-order valence-electron chi connectivity index (χ4n) is 1.53. The average Bonchev–Trinajstić information content (AvgIpc) is 2.79. The Morgan fingerprint density at radius 3 is 3.14 bits per heavy atom. The van der Waals surface area contributed by atoms with Crippen LogP contribution < -0.4 is 0 Å². The highest BCUT2D eigenvalue weighted by Crippen LogP contribution is 2.19. The zero-order valence-electron chi connectivity index (χ0n) is 7.82. The highest BCUT2D eigenvalue weighted by molar-refractivity contribution is 9.10. The van der Waals surface area contributed by atoms with Gasteiger partial charge in [-0.05, 0) is 28.4 Å². The number of ether oxygens (including phenoxy) is 1. The molecule has 1 aromatic heterocycles. The quantitative estimate of drug-likeness (QED) is 0.828. The molecule has 0 saturated carbocycles. The zero-order valence-corrected chi connectivity index (χ0v) is 9.40. The van der Waals surface area contributed by atoms with Crippen molar-refractivity contribution in [3.8, 4) is 0 Å². The molecule has 1 aliphatic heterocycles. The van der Waals surface area contributed by atoms with E-state index in [1.165, 1.54) is 0 Å². The lowest BCUT2D eigenvalue weighted by atomic mass is 10.1. The second-order valence-corrected chi connectivity index (χ2v) is 4.13. The summed E-state index contributed by atoms with van der Waals surface area (Å²) in [6.45, 7) is 6.22. The van der Waals surface area contributed by atoms with E-state index in [4.69, 9.17) is 4.74 Å². The number of nitrogens with zero attached hydrogens (tertiary/aromatic N) is 3. The molecule has 0 aliphatic carbocycles. The van der Waals surface area contributed by atoms with Crippen molar-refractivity contribution >= 4 is 22.0 Å². The SMILES string of the molecule is C=Cc1nnn(CC2CCOC2)c1Br. The van der Waals surface area contributed by atoms with Crippen LogP contribution in [-0.2, 0) is 11.3 Å². The van der Waals surface area contributed by atoms with Crippen LogP contribution >= 0.6 is 15.9 Å². The van der Waals surface area contributed by atoms with Gasteiger partial charge in [-0.25, -0.2) is 4.68 Å². The number of rotatable bonds is 3. The molecular formula is C9H12BrN3O. The van der Waals surface area contributed by atoms with Crippen LogP contribution in [-0.4, -0.2) is 28.2 Å². The van der Waals surface area contributed by atoms with Gasteiger partial charge in [-0.1, -0.05) is 11.8 Å². The summed E-state index contributed by atoms with van der Waals surface area (Å²) in [5, 5.41) is 8.03. The molecule has 14 heavy (non-hydrogen) atoms. The van der Waals surface area contributed by atoms with Gasteiger partial charge in [-0.2, -0.15) is 0 Å². The fourth-order valence-corrected chi connectivity index (χ4v) is 1.99. The molecule has 0 spiro atoms. The fraction of sp³-hybridized carbons (Fsp3) is 0.556. The van der Waals surface area contributed by atoms with E-state index in [1.807, 2.05) is 4.68 Å². The van der Waals surface area contributed by atoms with Crippen LogP contribution in [0.2, 0.25) is 0 Å². The maximum Gasteiger partial charge on any atom is 0.131 e. The molecule has 4 nitrogen and oxygen atoms in total. The monoisotopic (exact) mass is 257 g/mol. The van der Waals surface area contributed by atoms with Crippen molar-refractivity contribution in [2.45, 2.75) is 13.0 Å². The summed E-state index contributed by atoms with van der Waals surface area (Å²) >= 11 is 3.44. The minimum Gasteiger partial charge on any atom is -0.381 e. The second kappa shape index (κ2) is 4.23. The molecule has 5 heteroatoms. The molecule has 1 aliphatic rings. The zero-order chi connectivity index (χ0) is 9.97. The van der Waals surface area contributed by atoms with Gasteiger partial charge in [0.1, 0.15) is 10.3 Å². The molecule has 0 radical (unpaired) electrons. The predicted molar refractivity (Wildman–Crippen MR) is 56.7 cm³/mol. The van der Waals surface area contributed by atoms with E-state index in [0.717, 1.165) is 36.5 Å². The van der Waals surface area contributed by atoms with Gasteiger partial charge in [0.2, 0.25) is 0 Å². The summed E-state index contributed by atoms with van der Waals surface area (Å²) in [5.74, 6) is 0.561. The third-order valence-electron chi connectivity index (χ3n) is 2.35. The van der Waals surface area contributed by atoms with Crippen molar-refractivity contribution in [3.63, 3.8) is 0 Å². The molecule has 0 bridgehead atoms. The normalized spacial score (nSPS) is 21.4. The number of halogens is 1. The largest absolute Gasteiger partial charge is 0.381 e. The first-order valence-electron chi connectivity index (χ1n) is 4.60. The van der Waals surface area contributed by atoms with Crippen molar-refractivity contribution < 1.29 is 4.74 Å². The summed E-state index contributed by atoms with van der Waals surface area (Å²) in [5.41, 5.74) is 0.795. The van der Waals surface area contributed by atoms with E-state index in [1.54, 1.807) is 6.08 Å². The molecule has 0 amide bonds. The topological polar surface area (TPSA) is 39.9 Å².